The number of rotatable bonds is 5. The van der Waals surface area contributed by atoms with Crippen LogP contribution in [0.1, 0.15) is 23.7 Å². The van der Waals surface area contributed by atoms with Gasteiger partial charge in [-0.2, -0.15) is 0 Å². The number of pyridine rings is 1. The van der Waals surface area contributed by atoms with Gasteiger partial charge in [0.15, 0.2) is 5.78 Å². The van der Waals surface area contributed by atoms with Crippen LogP contribution in [0.2, 0.25) is 0 Å². The van der Waals surface area contributed by atoms with Crippen molar-refractivity contribution >= 4 is 17.5 Å². The zero-order valence-corrected chi connectivity index (χ0v) is 11.1. The molecular formula is C15H15NOS. The number of ketones is 1. The van der Waals surface area contributed by atoms with Crippen LogP contribution in [0.5, 0.6) is 0 Å². The molecule has 3 heteroatoms. The summed E-state index contributed by atoms with van der Waals surface area (Å²) >= 11 is 1.53. The molecule has 0 bridgehead atoms. The van der Waals surface area contributed by atoms with Crippen molar-refractivity contribution in [2.75, 3.05) is 0 Å². The third-order valence-electron chi connectivity index (χ3n) is 2.62. The number of hydrogen-bond donors (Lipinski definition) is 0. The molecule has 0 radical (unpaired) electrons. The molecule has 18 heavy (non-hydrogen) atoms. The third kappa shape index (κ3) is 3.20. The SMILES string of the molecule is CCC(Sc1ccccn1)C(=O)c1ccccc1. The Kier molecular flexibility index (Phi) is 4.53. The summed E-state index contributed by atoms with van der Waals surface area (Å²) in [6.45, 7) is 2.03. The van der Waals surface area contributed by atoms with Crippen LogP contribution in [-0.2, 0) is 0 Å². The Hall–Kier alpha value is -1.61. The molecule has 1 aromatic heterocycles. The van der Waals surface area contributed by atoms with Gasteiger partial charge in [-0.1, -0.05) is 55.1 Å². The van der Waals surface area contributed by atoms with Gasteiger partial charge in [0.25, 0.3) is 0 Å². The largest absolute Gasteiger partial charge is 0.293 e. The molecule has 92 valence electrons. The summed E-state index contributed by atoms with van der Waals surface area (Å²) in [6.07, 6.45) is 2.55. The Morgan fingerprint density at radius 1 is 1.17 bits per heavy atom. The van der Waals surface area contributed by atoms with E-state index in [2.05, 4.69) is 4.98 Å². The fraction of sp³-hybridized carbons (Fsp3) is 0.200. The zero-order chi connectivity index (χ0) is 12.8. The van der Waals surface area contributed by atoms with Gasteiger partial charge in [-0.15, -0.1) is 0 Å². The van der Waals surface area contributed by atoms with Gasteiger partial charge < -0.3 is 0 Å². The Balaban J connectivity index is 2.12. The van der Waals surface area contributed by atoms with E-state index in [1.54, 1.807) is 6.20 Å². The lowest BCUT2D eigenvalue weighted by molar-refractivity contribution is 0.0988. The van der Waals surface area contributed by atoms with E-state index in [4.69, 9.17) is 0 Å². The van der Waals surface area contributed by atoms with Crippen molar-refractivity contribution in [3.05, 3.63) is 60.3 Å². The average molecular weight is 257 g/mol. The number of nitrogens with zero attached hydrogens (tertiary/aromatic N) is 1. The van der Waals surface area contributed by atoms with Crippen LogP contribution in [0.4, 0.5) is 0 Å². The molecule has 0 aliphatic rings. The van der Waals surface area contributed by atoms with Gasteiger partial charge in [-0.05, 0) is 18.6 Å². The molecule has 0 spiro atoms. The summed E-state index contributed by atoms with van der Waals surface area (Å²) in [7, 11) is 0. The van der Waals surface area contributed by atoms with Gasteiger partial charge in [-0.3, -0.25) is 4.79 Å². The predicted octanol–water partition coefficient (Wildman–Crippen LogP) is 3.84. The third-order valence-corrected chi connectivity index (χ3v) is 3.94. The van der Waals surface area contributed by atoms with Crippen molar-refractivity contribution in [2.24, 2.45) is 0 Å². The topological polar surface area (TPSA) is 30.0 Å². The van der Waals surface area contributed by atoms with Crippen LogP contribution < -0.4 is 0 Å². The smallest absolute Gasteiger partial charge is 0.176 e. The summed E-state index contributed by atoms with van der Waals surface area (Å²) < 4.78 is 0. The molecule has 2 aromatic rings. The first-order valence-electron chi connectivity index (χ1n) is 5.98. The first kappa shape index (κ1) is 12.8. The van der Waals surface area contributed by atoms with Gasteiger partial charge in [0.05, 0.1) is 10.3 Å². The van der Waals surface area contributed by atoms with Crippen LogP contribution in [0.3, 0.4) is 0 Å². The quantitative estimate of drug-likeness (QED) is 0.602. The van der Waals surface area contributed by atoms with E-state index in [-0.39, 0.29) is 11.0 Å². The molecule has 0 saturated carbocycles. The number of carbonyl (C=O) groups is 1. The highest BCUT2D eigenvalue weighted by Crippen LogP contribution is 2.26. The van der Waals surface area contributed by atoms with Crippen LogP contribution in [0, 0.1) is 0 Å². The summed E-state index contributed by atoms with van der Waals surface area (Å²) in [6, 6.07) is 15.2. The lowest BCUT2D eigenvalue weighted by Crippen LogP contribution is -2.16. The molecule has 0 saturated heterocycles. The molecule has 0 N–H and O–H groups in total. The second-order valence-electron chi connectivity index (χ2n) is 3.91. The molecule has 0 aliphatic heterocycles. The molecule has 0 aliphatic carbocycles. The molecule has 0 fully saturated rings. The van der Waals surface area contributed by atoms with Crippen LogP contribution in [0.25, 0.3) is 0 Å². The highest BCUT2D eigenvalue weighted by atomic mass is 32.2. The van der Waals surface area contributed by atoms with Crippen LogP contribution in [0.15, 0.2) is 59.8 Å². The first-order valence-corrected chi connectivity index (χ1v) is 6.86. The van der Waals surface area contributed by atoms with E-state index in [1.165, 1.54) is 11.8 Å². The summed E-state index contributed by atoms with van der Waals surface area (Å²) in [5.41, 5.74) is 0.771. The fourth-order valence-corrected chi connectivity index (χ4v) is 2.65. The summed E-state index contributed by atoms with van der Waals surface area (Å²) in [5, 5.41) is 0.830. The normalized spacial score (nSPS) is 12.1. The number of benzene rings is 1. The molecular weight excluding hydrogens is 242 g/mol. The monoisotopic (exact) mass is 257 g/mol. The predicted molar refractivity (Wildman–Crippen MR) is 74.9 cm³/mol. The Labute approximate surface area is 111 Å². The van der Waals surface area contributed by atoms with E-state index in [0.717, 1.165) is 17.0 Å². The van der Waals surface area contributed by atoms with Gasteiger partial charge in [0.2, 0.25) is 0 Å². The van der Waals surface area contributed by atoms with Crippen LogP contribution >= 0.6 is 11.8 Å². The lowest BCUT2D eigenvalue weighted by atomic mass is 10.1. The van der Waals surface area contributed by atoms with Crippen molar-refractivity contribution in [1.82, 2.24) is 4.98 Å². The Morgan fingerprint density at radius 3 is 2.50 bits per heavy atom. The average Bonchev–Trinajstić information content (AvgIpc) is 2.46. The minimum Gasteiger partial charge on any atom is -0.293 e. The molecule has 1 unspecified atom stereocenters. The fourth-order valence-electron chi connectivity index (χ4n) is 1.67. The van der Waals surface area contributed by atoms with Crippen LogP contribution in [-0.4, -0.2) is 16.0 Å². The number of aromatic nitrogens is 1. The van der Waals surface area contributed by atoms with E-state index in [9.17, 15) is 4.79 Å². The van der Waals surface area contributed by atoms with E-state index < -0.39 is 0 Å². The number of thioether (sulfide) groups is 1. The summed E-state index contributed by atoms with van der Waals surface area (Å²) in [5.74, 6) is 0.175. The van der Waals surface area contributed by atoms with Gasteiger partial charge in [0.1, 0.15) is 0 Å². The Morgan fingerprint density at radius 2 is 1.89 bits per heavy atom. The first-order chi connectivity index (χ1) is 8.81. The lowest BCUT2D eigenvalue weighted by Gasteiger charge is -2.12. The van der Waals surface area contributed by atoms with Crippen molar-refractivity contribution < 1.29 is 4.79 Å². The Bertz CT molecular complexity index is 498. The van der Waals surface area contributed by atoms with E-state index in [0.29, 0.717) is 0 Å². The van der Waals surface area contributed by atoms with E-state index in [1.807, 2.05) is 55.5 Å². The molecule has 2 nitrogen and oxygen atoms in total. The minimum absolute atomic E-state index is 0.0673. The zero-order valence-electron chi connectivity index (χ0n) is 10.2. The van der Waals surface area contributed by atoms with Crippen molar-refractivity contribution in [1.29, 1.82) is 0 Å². The molecule has 1 atom stereocenters. The number of hydrogen-bond acceptors (Lipinski definition) is 3. The van der Waals surface area contributed by atoms with Gasteiger partial charge >= 0.3 is 0 Å². The van der Waals surface area contributed by atoms with Crippen molar-refractivity contribution in [3.63, 3.8) is 0 Å². The van der Waals surface area contributed by atoms with Crippen molar-refractivity contribution in [3.8, 4) is 0 Å². The minimum atomic E-state index is -0.0673. The maximum atomic E-state index is 12.3. The second-order valence-corrected chi connectivity index (χ2v) is 5.14. The highest BCUT2D eigenvalue weighted by Gasteiger charge is 2.19. The van der Waals surface area contributed by atoms with E-state index >= 15 is 0 Å². The van der Waals surface area contributed by atoms with Gasteiger partial charge in [-0.25, -0.2) is 4.98 Å². The number of carbonyl (C=O) groups excluding carboxylic acids is 1. The van der Waals surface area contributed by atoms with Gasteiger partial charge in [0, 0.05) is 11.8 Å². The standard InChI is InChI=1S/C15H15NOS/c1-2-13(18-14-10-6-7-11-16-14)15(17)12-8-4-3-5-9-12/h3-11,13H,2H2,1H3. The maximum absolute atomic E-state index is 12.3. The number of Topliss-reactive ketones (excluding diaryl/α,β-unsaturated/α-hetero) is 1. The molecule has 1 heterocycles. The highest BCUT2D eigenvalue weighted by molar-refractivity contribution is 8.00. The molecule has 2 rings (SSSR count). The molecule has 1 aromatic carbocycles. The summed E-state index contributed by atoms with van der Waals surface area (Å²) in [4.78, 5) is 16.6. The maximum Gasteiger partial charge on any atom is 0.176 e. The second kappa shape index (κ2) is 6.36. The molecule has 0 amide bonds. The van der Waals surface area contributed by atoms with Crippen molar-refractivity contribution in [2.45, 2.75) is 23.6 Å².